The molecule has 4 aromatic rings. The number of nitrogens with two attached hydrogens (primary N) is 1. The van der Waals surface area contributed by atoms with Gasteiger partial charge in [0.1, 0.15) is 5.82 Å². The number of nitrogens with one attached hydrogen (secondary N) is 2. The Labute approximate surface area is 209 Å². The van der Waals surface area contributed by atoms with E-state index < -0.39 is 29.4 Å². The summed E-state index contributed by atoms with van der Waals surface area (Å²) in [5, 5.41) is 9.51. The first-order valence-corrected chi connectivity index (χ1v) is 11.2. The van der Waals surface area contributed by atoms with Crippen LogP contribution in [0.5, 0.6) is 0 Å². The number of aromatic amines is 1. The third-order valence-corrected chi connectivity index (χ3v) is 5.92. The van der Waals surface area contributed by atoms with E-state index in [1.165, 1.54) is 36.4 Å². The number of amides is 2. The summed E-state index contributed by atoms with van der Waals surface area (Å²) in [4.78, 5) is 24.2. The van der Waals surface area contributed by atoms with E-state index in [1.807, 2.05) is 6.92 Å². The molecule has 6 nitrogen and oxygen atoms in total. The second-order valence-corrected chi connectivity index (χ2v) is 8.47. The molecule has 2 amide bonds. The molecule has 3 aromatic carbocycles. The van der Waals surface area contributed by atoms with Crippen LogP contribution in [0.15, 0.2) is 66.7 Å². The molecule has 4 rings (SSSR count). The molecule has 37 heavy (non-hydrogen) atoms. The van der Waals surface area contributed by atoms with E-state index in [9.17, 15) is 27.2 Å². The Bertz CT molecular complexity index is 1460. The average Bonchev–Trinajstić information content (AvgIpc) is 3.30. The van der Waals surface area contributed by atoms with Crippen molar-refractivity contribution in [1.29, 1.82) is 0 Å². The summed E-state index contributed by atoms with van der Waals surface area (Å²) in [6.45, 7) is 1.84. The van der Waals surface area contributed by atoms with E-state index in [0.29, 0.717) is 18.5 Å². The van der Waals surface area contributed by atoms with Crippen LogP contribution in [-0.2, 0) is 19.0 Å². The number of carbonyl (C=O) groups is 2. The van der Waals surface area contributed by atoms with Crippen molar-refractivity contribution in [1.82, 2.24) is 10.2 Å². The Hall–Kier alpha value is -4.47. The number of hydrogen-bond donors (Lipinski definition) is 3. The van der Waals surface area contributed by atoms with Crippen LogP contribution in [0.2, 0.25) is 0 Å². The van der Waals surface area contributed by atoms with Crippen LogP contribution < -0.4 is 11.1 Å². The fraction of sp³-hybridized carbons (Fsp3) is 0.148. The molecule has 0 fully saturated rings. The maximum atomic E-state index is 13.7. The zero-order chi connectivity index (χ0) is 26.7. The molecule has 0 unspecified atom stereocenters. The van der Waals surface area contributed by atoms with Crippen molar-refractivity contribution >= 4 is 17.6 Å². The monoisotopic (exact) mass is 510 g/mol. The number of aromatic nitrogens is 2. The molecule has 0 bridgehead atoms. The lowest BCUT2D eigenvalue weighted by molar-refractivity contribution is -0.137. The largest absolute Gasteiger partial charge is 0.417 e. The van der Waals surface area contributed by atoms with Crippen LogP contribution in [0.1, 0.15) is 43.1 Å². The number of rotatable bonds is 7. The van der Waals surface area contributed by atoms with Gasteiger partial charge in [-0.1, -0.05) is 24.3 Å². The highest BCUT2D eigenvalue weighted by Gasteiger charge is 2.35. The summed E-state index contributed by atoms with van der Waals surface area (Å²) in [5.74, 6) is -1.57. The summed E-state index contributed by atoms with van der Waals surface area (Å²) in [6.07, 6.45) is -3.77. The highest BCUT2D eigenvalue weighted by atomic mass is 19.4. The van der Waals surface area contributed by atoms with E-state index in [2.05, 4.69) is 15.5 Å². The predicted octanol–water partition coefficient (Wildman–Crippen LogP) is 5.68. The van der Waals surface area contributed by atoms with Gasteiger partial charge in [-0.3, -0.25) is 14.7 Å². The van der Waals surface area contributed by atoms with E-state index in [0.717, 1.165) is 23.3 Å². The van der Waals surface area contributed by atoms with Gasteiger partial charge in [0.2, 0.25) is 5.91 Å². The third-order valence-electron chi connectivity index (χ3n) is 5.92. The van der Waals surface area contributed by atoms with Gasteiger partial charge in [0, 0.05) is 28.5 Å². The smallest absolute Gasteiger partial charge is 0.366 e. The van der Waals surface area contributed by atoms with Crippen LogP contribution in [0, 0.1) is 12.7 Å². The number of hydrogen-bond acceptors (Lipinski definition) is 3. The topological polar surface area (TPSA) is 101 Å². The summed E-state index contributed by atoms with van der Waals surface area (Å²) in [6, 6.07) is 14.9. The summed E-state index contributed by atoms with van der Waals surface area (Å²) >= 11 is 0. The Balaban J connectivity index is 1.54. The number of aryl methyl sites for hydroxylation is 3. The maximum Gasteiger partial charge on any atom is 0.417 e. The summed E-state index contributed by atoms with van der Waals surface area (Å²) < 4.78 is 54.3. The zero-order valence-electron chi connectivity index (χ0n) is 19.6. The number of primary amides is 1. The van der Waals surface area contributed by atoms with Crippen LogP contribution in [0.4, 0.5) is 23.4 Å². The van der Waals surface area contributed by atoms with Gasteiger partial charge in [0.05, 0.1) is 5.56 Å². The molecule has 4 N–H and O–H groups in total. The first-order valence-electron chi connectivity index (χ1n) is 11.2. The molecule has 1 heterocycles. The quantitative estimate of drug-likeness (QED) is 0.279. The number of benzene rings is 3. The second-order valence-electron chi connectivity index (χ2n) is 8.47. The Morgan fingerprint density at radius 1 is 1.00 bits per heavy atom. The molecule has 0 saturated carbocycles. The van der Waals surface area contributed by atoms with Gasteiger partial charge in [0.15, 0.2) is 5.82 Å². The highest BCUT2D eigenvalue weighted by Crippen LogP contribution is 2.39. The Kier molecular flexibility index (Phi) is 7.10. The molecule has 0 spiro atoms. The van der Waals surface area contributed by atoms with Gasteiger partial charge in [-0.2, -0.15) is 18.3 Å². The maximum absolute atomic E-state index is 13.7. The molecule has 0 aliphatic heterocycles. The van der Waals surface area contributed by atoms with Gasteiger partial charge < -0.3 is 11.1 Å². The van der Waals surface area contributed by atoms with Gasteiger partial charge in [-0.05, 0) is 72.9 Å². The number of halogens is 4. The summed E-state index contributed by atoms with van der Waals surface area (Å²) in [7, 11) is 0. The molecule has 0 aliphatic rings. The van der Waals surface area contributed by atoms with Gasteiger partial charge in [-0.15, -0.1) is 0 Å². The highest BCUT2D eigenvalue weighted by molar-refractivity contribution is 6.03. The predicted molar refractivity (Wildman–Crippen MR) is 130 cm³/mol. The van der Waals surface area contributed by atoms with Crippen molar-refractivity contribution in [2.75, 3.05) is 5.32 Å². The second kappa shape index (κ2) is 10.3. The minimum absolute atomic E-state index is 0.209. The van der Waals surface area contributed by atoms with Crippen molar-refractivity contribution in [2.45, 2.75) is 25.9 Å². The zero-order valence-corrected chi connectivity index (χ0v) is 19.6. The van der Waals surface area contributed by atoms with E-state index >= 15 is 0 Å². The molecule has 190 valence electrons. The van der Waals surface area contributed by atoms with E-state index in [-0.39, 0.29) is 28.1 Å². The molecule has 0 aliphatic carbocycles. The van der Waals surface area contributed by atoms with Crippen LogP contribution >= 0.6 is 0 Å². The Morgan fingerprint density at radius 2 is 1.73 bits per heavy atom. The molecule has 0 radical (unpaired) electrons. The molecular weight excluding hydrogens is 488 g/mol. The lowest BCUT2D eigenvalue weighted by Gasteiger charge is -2.17. The van der Waals surface area contributed by atoms with Gasteiger partial charge in [0.25, 0.3) is 5.91 Å². The summed E-state index contributed by atoms with van der Waals surface area (Å²) in [5.41, 5.74) is 6.81. The molecular formula is C27H22F4N4O2. The lowest BCUT2D eigenvalue weighted by Crippen LogP contribution is -2.16. The average molecular weight is 510 g/mol. The van der Waals surface area contributed by atoms with Crippen LogP contribution in [-0.4, -0.2) is 22.0 Å². The molecule has 0 saturated heterocycles. The SMILES string of the molecule is Cc1ccc(-c2c(C(N)=O)cccc2C(F)(F)F)cc1CCc1cc(NC(=O)c2ccc(F)cc2)n[nH]1. The number of carbonyl (C=O) groups excluding carboxylic acids is 2. The van der Waals surface area contributed by atoms with Crippen molar-refractivity contribution < 1.29 is 27.2 Å². The van der Waals surface area contributed by atoms with Crippen molar-refractivity contribution in [2.24, 2.45) is 5.73 Å². The van der Waals surface area contributed by atoms with Crippen molar-refractivity contribution in [3.63, 3.8) is 0 Å². The van der Waals surface area contributed by atoms with Gasteiger partial charge >= 0.3 is 6.18 Å². The molecule has 0 atom stereocenters. The number of anilines is 1. The fourth-order valence-corrected chi connectivity index (χ4v) is 4.01. The molecule has 1 aromatic heterocycles. The normalized spacial score (nSPS) is 11.4. The van der Waals surface area contributed by atoms with Crippen molar-refractivity contribution in [3.05, 3.63) is 106 Å². The van der Waals surface area contributed by atoms with Gasteiger partial charge in [-0.25, -0.2) is 4.39 Å². The number of H-pyrrole nitrogens is 1. The first-order chi connectivity index (χ1) is 17.5. The van der Waals surface area contributed by atoms with Crippen LogP contribution in [0.25, 0.3) is 11.1 Å². The Morgan fingerprint density at radius 3 is 2.41 bits per heavy atom. The van der Waals surface area contributed by atoms with Crippen LogP contribution in [0.3, 0.4) is 0 Å². The fourth-order valence-electron chi connectivity index (χ4n) is 4.01. The molecule has 10 heteroatoms. The van der Waals surface area contributed by atoms with Crippen molar-refractivity contribution in [3.8, 4) is 11.1 Å². The lowest BCUT2D eigenvalue weighted by atomic mass is 9.90. The third kappa shape index (κ3) is 5.85. The minimum Gasteiger partial charge on any atom is -0.366 e. The van der Waals surface area contributed by atoms with E-state index in [4.69, 9.17) is 5.73 Å². The first kappa shape index (κ1) is 25.6. The standard InChI is InChI=1S/C27H22F4N4O2/c1-15-5-6-18(24-21(25(32)36)3-2-4-22(24)27(29,30)31)13-17(15)9-12-20-14-23(35-34-20)33-26(37)16-7-10-19(28)11-8-16/h2-8,10-11,13-14H,9,12H2,1H3,(H2,32,36)(H2,33,34,35,37). The minimum atomic E-state index is -4.67. The van der Waals surface area contributed by atoms with E-state index in [1.54, 1.807) is 18.2 Å². The number of alkyl halides is 3. The number of nitrogens with zero attached hydrogens (tertiary/aromatic N) is 1.